The normalized spacial score (nSPS) is 14.5. The molecule has 0 aromatic carbocycles. The molecule has 5 heteroatoms. The third-order valence-corrected chi connectivity index (χ3v) is 2.38. The van der Waals surface area contributed by atoms with Crippen LogP contribution in [0.3, 0.4) is 0 Å². The molecule has 0 aliphatic heterocycles. The smallest absolute Gasteiger partial charge is 0.322 e. The van der Waals surface area contributed by atoms with Crippen molar-refractivity contribution in [2.75, 3.05) is 7.05 Å². The number of carbonyl (C=O) groups is 1. The maximum absolute atomic E-state index is 10.6. The molecule has 0 rings (SSSR count). The molecule has 66 valence electrons. The lowest BCUT2D eigenvalue weighted by Gasteiger charge is -2.28. The van der Waals surface area contributed by atoms with Gasteiger partial charge in [-0.1, -0.05) is 11.9 Å². The zero-order valence-corrected chi connectivity index (χ0v) is 7.73. The van der Waals surface area contributed by atoms with Crippen molar-refractivity contribution in [2.24, 2.45) is 5.14 Å². The van der Waals surface area contributed by atoms with Crippen molar-refractivity contribution in [2.45, 2.75) is 24.6 Å². The van der Waals surface area contributed by atoms with E-state index in [1.807, 2.05) is 0 Å². The van der Waals surface area contributed by atoms with Gasteiger partial charge < -0.3 is 10.4 Å². The highest BCUT2D eigenvalue weighted by molar-refractivity contribution is 7.98. The first kappa shape index (κ1) is 10.7. The summed E-state index contributed by atoms with van der Waals surface area (Å²) in [7, 11) is 1.61. The molecule has 0 fully saturated rings. The van der Waals surface area contributed by atoms with Crippen LogP contribution in [0.5, 0.6) is 0 Å². The van der Waals surface area contributed by atoms with Gasteiger partial charge in [0.25, 0.3) is 0 Å². The van der Waals surface area contributed by atoms with Crippen LogP contribution in [0.25, 0.3) is 0 Å². The van der Waals surface area contributed by atoms with Crippen molar-refractivity contribution in [3.63, 3.8) is 0 Å². The lowest BCUT2D eigenvalue weighted by molar-refractivity contribution is -0.139. The molecule has 0 spiro atoms. The number of nitrogens with two attached hydrogens (primary N) is 1. The Kier molecular flexibility index (Phi) is 3.85. The Hall–Kier alpha value is -0.260. The third kappa shape index (κ3) is 2.69. The minimum absolute atomic E-state index is 0.486. The summed E-state index contributed by atoms with van der Waals surface area (Å²) in [5.41, 5.74) is 0. The zero-order chi connectivity index (χ0) is 9.07. The van der Waals surface area contributed by atoms with Gasteiger partial charge >= 0.3 is 5.97 Å². The van der Waals surface area contributed by atoms with Gasteiger partial charge in [0, 0.05) is 0 Å². The number of carboxylic acid groups (broad SMARTS) is 1. The van der Waals surface area contributed by atoms with E-state index in [9.17, 15) is 4.79 Å². The second-order valence-corrected chi connectivity index (χ2v) is 4.07. The van der Waals surface area contributed by atoms with Gasteiger partial charge in [-0.3, -0.25) is 9.93 Å². The van der Waals surface area contributed by atoms with Gasteiger partial charge in [-0.15, -0.1) is 0 Å². The van der Waals surface area contributed by atoms with Crippen molar-refractivity contribution < 1.29 is 9.90 Å². The minimum Gasteiger partial charge on any atom is -0.480 e. The van der Waals surface area contributed by atoms with Crippen LogP contribution in [0.1, 0.15) is 13.8 Å². The van der Waals surface area contributed by atoms with Crippen LogP contribution in [0, 0.1) is 0 Å². The summed E-state index contributed by atoms with van der Waals surface area (Å²) in [5, 5.41) is 16.7. The Bertz CT molecular complexity index is 150. The lowest BCUT2D eigenvalue weighted by Crippen LogP contribution is -2.49. The molecule has 1 unspecified atom stereocenters. The van der Waals surface area contributed by atoms with Crippen molar-refractivity contribution >= 4 is 17.9 Å². The molecule has 0 bridgehead atoms. The van der Waals surface area contributed by atoms with E-state index in [1.54, 1.807) is 20.9 Å². The Morgan fingerprint density at radius 1 is 1.73 bits per heavy atom. The molecule has 0 heterocycles. The Balaban J connectivity index is 4.36. The Morgan fingerprint density at radius 2 is 2.18 bits per heavy atom. The molecule has 0 aliphatic rings. The first-order valence-electron chi connectivity index (χ1n) is 3.23. The van der Waals surface area contributed by atoms with Gasteiger partial charge in [0.05, 0.1) is 4.75 Å². The van der Waals surface area contributed by atoms with Crippen LogP contribution in [0.4, 0.5) is 0 Å². The van der Waals surface area contributed by atoms with E-state index >= 15 is 0 Å². The van der Waals surface area contributed by atoms with Crippen molar-refractivity contribution in [3.05, 3.63) is 0 Å². The van der Waals surface area contributed by atoms with Gasteiger partial charge in [0.15, 0.2) is 0 Å². The molecule has 1 atom stereocenters. The van der Waals surface area contributed by atoms with Crippen LogP contribution in [0.15, 0.2) is 0 Å². The molecule has 0 aliphatic carbocycles. The Labute approximate surface area is 70.7 Å². The van der Waals surface area contributed by atoms with Crippen LogP contribution >= 0.6 is 11.9 Å². The van der Waals surface area contributed by atoms with E-state index in [-0.39, 0.29) is 0 Å². The molecular formula is C6H14N2O2S. The van der Waals surface area contributed by atoms with E-state index in [4.69, 9.17) is 10.2 Å². The fourth-order valence-electron chi connectivity index (χ4n) is 0.836. The van der Waals surface area contributed by atoms with Gasteiger partial charge in [0.2, 0.25) is 0 Å². The lowest BCUT2D eigenvalue weighted by atomic mass is 10.0. The zero-order valence-electron chi connectivity index (χ0n) is 6.92. The molecule has 11 heavy (non-hydrogen) atoms. The molecular weight excluding hydrogens is 164 g/mol. The maximum atomic E-state index is 10.6. The first-order chi connectivity index (χ1) is 4.95. The molecule has 4 N–H and O–H groups in total. The predicted octanol–water partition coefficient (Wildman–Crippen LogP) is 0.0445. The van der Waals surface area contributed by atoms with Crippen LogP contribution in [-0.4, -0.2) is 28.9 Å². The summed E-state index contributed by atoms with van der Waals surface area (Å²) in [6.07, 6.45) is 0. The number of carboxylic acids is 1. The minimum atomic E-state index is -0.879. The largest absolute Gasteiger partial charge is 0.480 e. The molecule has 0 amide bonds. The first-order valence-corrected chi connectivity index (χ1v) is 4.11. The molecule has 0 radical (unpaired) electrons. The highest BCUT2D eigenvalue weighted by Gasteiger charge is 2.33. The van der Waals surface area contributed by atoms with Gasteiger partial charge in [-0.2, -0.15) is 0 Å². The number of rotatable bonds is 4. The molecule has 0 aromatic heterocycles. The topological polar surface area (TPSA) is 75.3 Å². The Morgan fingerprint density at radius 3 is 2.27 bits per heavy atom. The highest BCUT2D eigenvalue weighted by atomic mass is 32.2. The van der Waals surface area contributed by atoms with E-state index in [2.05, 4.69) is 5.32 Å². The second kappa shape index (κ2) is 3.94. The van der Waals surface area contributed by atoms with Crippen LogP contribution in [-0.2, 0) is 4.79 Å². The fourth-order valence-corrected chi connectivity index (χ4v) is 1.19. The maximum Gasteiger partial charge on any atom is 0.322 e. The van der Waals surface area contributed by atoms with Crippen molar-refractivity contribution in [1.82, 2.24) is 5.32 Å². The van der Waals surface area contributed by atoms with E-state index < -0.39 is 16.8 Å². The standard InChI is InChI=1S/C6H14N2O2S/c1-6(2,11-7)4(8-3)5(9)10/h4,8H,7H2,1-3H3,(H,9,10). The molecule has 0 saturated carbocycles. The number of likely N-dealkylation sites (N-methyl/N-ethyl adjacent to an activating group) is 1. The third-order valence-electron chi connectivity index (χ3n) is 1.53. The number of nitrogens with one attached hydrogen (secondary N) is 1. The average molecular weight is 178 g/mol. The van der Waals surface area contributed by atoms with Crippen molar-refractivity contribution in [1.29, 1.82) is 0 Å². The van der Waals surface area contributed by atoms with Gasteiger partial charge in [-0.25, -0.2) is 0 Å². The van der Waals surface area contributed by atoms with Crippen LogP contribution in [0.2, 0.25) is 0 Å². The quantitative estimate of drug-likeness (QED) is 0.530. The second-order valence-electron chi connectivity index (χ2n) is 2.78. The summed E-state index contributed by atoms with van der Waals surface area (Å²) in [4.78, 5) is 10.6. The number of hydrogen-bond acceptors (Lipinski definition) is 4. The van der Waals surface area contributed by atoms with Gasteiger partial charge in [0.1, 0.15) is 6.04 Å². The summed E-state index contributed by atoms with van der Waals surface area (Å²) >= 11 is 1.04. The van der Waals surface area contributed by atoms with Crippen molar-refractivity contribution in [3.8, 4) is 0 Å². The SMILES string of the molecule is CNC(C(=O)O)C(C)(C)SN. The number of hydrogen-bond donors (Lipinski definition) is 3. The highest BCUT2D eigenvalue weighted by Crippen LogP contribution is 2.22. The molecule has 0 aromatic rings. The van der Waals surface area contributed by atoms with Crippen LogP contribution < -0.4 is 10.5 Å². The van der Waals surface area contributed by atoms with Gasteiger partial charge in [-0.05, 0) is 20.9 Å². The molecule has 0 saturated heterocycles. The fraction of sp³-hybridized carbons (Fsp3) is 0.833. The van der Waals surface area contributed by atoms with E-state index in [0.717, 1.165) is 11.9 Å². The summed E-state index contributed by atoms with van der Waals surface area (Å²) in [5.74, 6) is -0.879. The molecule has 4 nitrogen and oxygen atoms in total. The predicted molar refractivity (Wildman–Crippen MR) is 46.3 cm³/mol. The van der Waals surface area contributed by atoms with E-state index in [0.29, 0.717) is 0 Å². The summed E-state index contributed by atoms with van der Waals surface area (Å²) < 4.78 is -0.486. The monoisotopic (exact) mass is 178 g/mol. The van der Waals surface area contributed by atoms with E-state index in [1.165, 1.54) is 0 Å². The summed E-state index contributed by atoms with van der Waals surface area (Å²) in [6, 6.07) is -0.613. The average Bonchev–Trinajstić information content (AvgIpc) is 1.88. The number of aliphatic carboxylic acids is 1. The summed E-state index contributed by atoms with van der Waals surface area (Å²) in [6.45, 7) is 3.57.